The lowest BCUT2D eigenvalue weighted by Crippen LogP contribution is -2.33. The highest BCUT2D eigenvalue weighted by atomic mass is 127. The average molecular weight is 384 g/mol. The van der Waals surface area contributed by atoms with E-state index in [0.29, 0.717) is 15.9 Å². The number of halogens is 1. The van der Waals surface area contributed by atoms with Crippen LogP contribution in [-0.2, 0) is 6.54 Å². The van der Waals surface area contributed by atoms with Crippen LogP contribution in [0, 0.1) is 3.57 Å². The molecular formula is C14H17IN4O. The zero-order valence-electron chi connectivity index (χ0n) is 11.4. The minimum atomic E-state index is -0.117. The van der Waals surface area contributed by atoms with Crippen molar-refractivity contribution in [2.24, 2.45) is 0 Å². The fraction of sp³-hybridized carbons (Fsp3) is 0.286. The number of aromatic amines is 1. The van der Waals surface area contributed by atoms with E-state index < -0.39 is 0 Å². The number of nitrogens with one attached hydrogen (secondary N) is 1. The van der Waals surface area contributed by atoms with Gasteiger partial charge in [0.2, 0.25) is 0 Å². The third kappa shape index (κ3) is 3.30. The summed E-state index contributed by atoms with van der Waals surface area (Å²) in [6.07, 6.45) is 1.44. The van der Waals surface area contributed by atoms with Crippen LogP contribution >= 0.6 is 22.6 Å². The quantitative estimate of drug-likeness (QED) is 0.627. The highest BCUT2D eigenvalue weighted by Gasteiger charge is 2.17. The standard InChI is InChI=1S/C14H17IN4O/c1-9(2)19(7-10-4-3-5-11(16)6-10)13-12(15)14(20)18-8-17-13/h3-6,8-9H,7,16H2,1-2H3,(H,17,18,20). The van der Waals surface area contributed by atoms with Crippen molar-refractivity contribution in [3.63, 3.8) is 0 Å². The first-order valence-electron chi connectivity index (χ1n) is 6.33. The number of H-pyrrole nitrogens is 1. The van der Waals surface area contributed by atoms with E-state index in [9.17, 15) is 4.79 Å². The number of benzene rings is 1. The molecule has 1 heterocycles. The minimum Gasteiger partial charge on any atom is -0.399 e. The van der Waals surface area contributed by atoms with Gasteiger partial charge in [0.05, 0.1) is 6.33 Å². The van der Waals surface area contributed by atoms with Gasteiger partial charge in [-0.2, -0.15) is 0 Å². The number of aromatic nitrogens is 2. The summed E-state index contributed by atoms with van der Waals surface area (Å²) in [4.78, 5) is 20.7. The fourth-order valence-electron chi connectivity index (χ4n) is 1.96. The molecule has 0 atom stereocenters. The molecule has 20 heavy (non-hydrogen) atoms. The van der Waals surface area contributed by atoms with Crippen molar-refractivity contribution in [3.8, 4) is 0 Å². The number of anilines is 2. The summed E-state index contributed by atoms with van der Waals surface area (Å²) in [6.45, 7) is 4.81. The van der Waals surface area contributed by atoms with E-state index in [-0.39, 0.29) is 11.6 Å². The molecule has 1 aromatic heterocycles. The second-order valence-corrected chi connectivity index (χ2v) is 5.91. The minimum absolute atomic E-state index is 0.117. The largest absolute Gasteiger partial charge is 0.399 e. The van der Waals surface area contributed by atoms with Crippen molar-refractivity contribution in [2.45, 2.75) is 26.4 Å². The zero-order chi connectivity index (χ0) is 14.7. The molecular weight excluding hydrogens is 367 g/mol. The molecule has 2 aromatic rings. The summed E-state index contributed by atoms with van der Waals surface area (Å²) in [7, 11) is 0. The van der Waals surface area contributed by atoms with Crippen LogP contribution in [0.25, 0.3) is 0 Å². The molecule has 0 spiro atoms. The van der Waals surface area contributed by atoms with E-state index in [1.807, 2.05) is 46.9 Å². The third-order valence-corrected chi connectivity index (χ3v) is 3.95. The van der Waals surface area contributed by atoms with E-state index in [2.05, 4.69) is 28.7 Å². The Morgan fingerprint density at radius 2 is 2.20 bits per heavy atom. The number of nitrogens with zero attached hydrogens (tertiary/aromatic N) is 2. The molecule has 6 heteroatoms. The Morgan fingerprint density at radius 3 is 2.85 bits per heavy atom. The molecule has 0 bridgehead atoms. The van der Waals surface area contributed by atoms with E-state index >= 15 is 0 Å². The summed E-state index contributed by atoms with van der Waals surface area (Å²) in [6, 6.07) is 7.97. The SMILES string of the molecule is CC(C)N(Cc1cccc(N)c1)c1nc[nH]c(=O)c1I. The van der Waals surface area contributed by atoms with Crippen molar-refractivity contribution in [3.05, 3.63) is 50.1 Å². The Bertz CT molecular complexity index is 654. The van der Waals surface area contributed by atoms with Crippen LogP contribution in [0.4, 0.5) is 11.5 Å². The molecule has 2 rings (SSSR count). The lowest BCUT2D eigenvalue weighted by atomic mass is 10.1. The molecule has 0 aliphatic heterocycles. The smallest absolute Gasteiger partial charge is 0.266 e. The van der Waals surface area contributed by atoms with E-state index in [0.717, 1.165) is 11.3 Å². The second kappa shape index (κ2) is 6.25. The van der Waals surface area contributed by atoms with E-state index in [1.54, 1.807) is 0 Å². The lowest BCUT2D eigenvalue weighted by Gasteiger charge is -2.28. The highest BCUT2D eigenvalue weighted by molar-refractivity contribution is 14.1. The summed E-state index contributed by atoms with van der Waals surface area (Å²) in [5.41, 5.74) is 7.53. The van der Waals surface area contributed by atoms with Gasteiger partial charge in [0.15, 0.2) is 0 Å². The predicted molar refractivity (Wildman–Crippen MR) is 89.7 cm³/mol. The molecule has 0 unspecified atom stereocenters. The molecule has 1 aromatic carbocycles. The fourth-order valence-corrected chi connectivity index (χ4v) is 2.57. The van der Waals surface area contributed by atoms with Gasteiger partial charge in [0.25, 0.3) is 5.56 Å². The van der Waals surface area contributed by atoms with Gasteiger partial charge in [-0.3, -0.25) is 4.79 Å². The predicted octanol–water partition coefficient (Wildman–Crippen LogP) is 2.37. The molecule has 0 aliphatic rings. The number of nitrogens with two attached hydrogens (primary N) is 1. The maximum atomic E-state index is 11.7. The van der Waals surface area contributed by atoms with E-state index in [4.69, 9.17) is 5.73 Å². The molecule has 0 radical (unpaired) electrons. The Kier molecular flexibility index (Phi) is 4.64. The average Bonchev–Trinajstić information content (AvgIpc) is 2.39. The van der Waals surface area contributed by atoms with Crippen molar-refractivity contribution >= 4 is 34.1 Å². The third-order valence-electron chi connectivity index (χ3n) is 2.98. The lowest BCUT2D eigenvalue weighted by molar-refractivity contribution is 0.668. The van der Waals surface area contributed by atoms with Crippen molar-refractivity contribution < 1.29 is 0 Å². The van der Waals surface area contributed by atoms with Crippen molar-refractivity contribution in [1.82, 2.24) is 9.97 Å². The van der Waals surface area contributed by atoms with Crippen molar-refractivity contribution in [1.29, 1.82) is 0 Å². The van der Waals surface area contributed by atoms with Crippen LogP contribution < -0.4 is 16.2 Å². The van der Waals surface area contributed by atoms with Gasteiger partial charge >= 0.3 is 0 Å². The van der Waals surface area contributed by atoms with Gasteiger partial charge in [0, 0.05) is 18.3 Å². The number of rotatable bonds is 4. The molecule has 0 saturated heterocycles. The highest BCUT2D eigenvalue weighted by Crippen LogP contribution is 2.21. The molecule has 5 nitrogen and oxygen atoms in total. The van der Waals surface area contributed by atoms with Gasteiger partial charge in [-0.15, -0.1) is 0 Å². The summed E-state index contributed by atoms with van der Waals surface area (Å²) < 4.78 is 0.600. The monoisotopic (exact) mass is 384 g/mol. The first-order valence-corrected chi connectivity index (χ1v) is 7.41. The Labute approximate surface area is 131 Å². The Balaban J connectivity index is 2.37. The second-order valence-electron chi connectivity index (χ2n) is 4.84. The van der Waals surface area contributed by atoms with Crippen LogP contribution in [0.15, 0.2) is 35.4 Å². The Hall–Kier alpha value is -1.57. The van der Waals surface area contributed by atoms with Gasteiger partial charge < -0.3 is 15.6 Å². The molecule has 106 valence electrons. The summed E-state index contributed by atoms with van der Waals surface area (Å²) >= 11 is 2.03. The van der Waals surface area contributed by atoms with Gasteiger partial charge in [-0.05, 0) is 54.1 Å². The molecule has 0 saturated carbocycles. The van der Waals surface area contributed by atoms with Gasteiger partial charge in [-0.25, -0.2) is 4.98 Å². The maximum absolute atomic E-state index is 11.7. The van der Waals surface area contributed by atoms with Crippen LogP contribution in [0.3, 0.4) is 0 Å². The van der Waals surface area contributed by atoms with Crippen LogP contribution in [0.5, 0.6) is 0 Å². The topological polar surface area (TPSA) is 75.0 Å². The summed E-state index contributed by atoms with van der Waals surface area (Å²) in [5, 5.41) is 0. The van der Waals surface area contributed by atoms with Gasteiger partial charge in [-0.1, -0.05) is 12.1 Å². The first-order chi connectivity index (χ1) is 9.49. The number of hydrogen-bond donors (Lipinski definition) is 2. The number of nitrogen functional groups attached to an aromatic ring is 1. The normalized spacial score (nSPS) is 10.8. The molecule has 3 N–H and O–H groups in total. The summed E-state index contributed by atoms with van der Waals surface area (Å²) in [5.74, 6) is 0.701. The van der Waals surface area contributed by atoms with Crippen molar-refractivity contribution in [2.75, 3.05) is 10.6 Å². The number of hydrogen-bond acceptors (Lipinski definition) is 4. The van der Waals surface area contributed by atoms with E-state index in [1.165, 1.54) is 6.33 Å². The molecule has 0 amide bonds. The van der Waals surface area contributed by atoms with Crippen LogP contribution in [0.2, 0.25) is 0 Å². The molecule has 0 aliphatic carbocycles. The van der Waals surface area contributed by atoms with Crippen LogP contribution in [0.1, 0.15) is 19.4 Å². The van der Waals surface area contributed by atoms with Gasteiger partial charge in [0.1, 0.15) is 9.39 Å². The Morgan fingerprint density at radius 1 is 1.45 bits per heavy atom. The zero-order valence-corrected chi connectivity index (χ0v) is 13.6. The maximum Gasteiger partial charge on any atom is 0.266 e. The molecule has 0 fully saturated rings. The van der Waals surface area contributed by atoms with Crippen LogP contribution in [-0.4, -0.2) is 16.0 Å². The first kappa shape index (κ1) is 14.8.